The summed E-state index contributed by atoms with van der Waals surface area (Å²) in [5.41, 5.74) is 2.73. The number of nitrogens with zero attached hydrogens (tertiary/aromatic N) is 3. The number of rotatable bonds is 1. The summed E-state index contributed by atoms with van der Waals surface area (Å²) in [5.74, 6) is 0.600. The number of hydrogen-bond acceptors (Lipinski definition) is 0. The van der Waals surface area contributed by atoms with Gasteiger partial charge >= 0.3 is 0 Å². The molecule has 0 aliphatic heterocycles. The minimum absolute atomic E-state index is 0.209. The van der Waals surface area contributed by atoms with Crippen LogP contribution in [0.2, 0.25) is 0 Å². The molecular weight excluding hydrogens is 282 g/mol. The van der Waals surface area contributed by atoms with Crippen molar-refractivity contribution in [1.29, 1.82) is 0 Å². The smallest absolute Gasteiger partial charge is 0.287 e. The average Bonchev–Trinajstić information content (AvgIpc) is 3.07. The molecule has 4 rings (SSSR count). The van der Waals surface area contributed by atoms with Crippen molar-refractivity contribution in [2.45, 2.75) is 20.6 Å². The molecular formula is C20H22N3+. The van der Waals surface area contributed by atoms with Crippen LogP contribution < -0.4 is 4.57 Å². The molecule has 0 radical (unpaired) electrons. The minimum Gasteiger partial charge on any atom is -0.311 e. The van der Waals surface area contributed by atoms with E-state index in [1.165, 1.54) is 0 Å². The molecule has 0 saturated carbocycles. The minimum atomic E-state index is -2.31. The van der Waals surface area contributed by atoms with Crippen LogP contribution in [0.15, 0.2) is 42.6 Å². The monoisotopic (exact) mass is 310 g/mol. The lowest BCUT2D eigenvalue weighted by Crippen LogP contribution is -2.34. The second kappa shape index (κ2) is 4.72. The molecule has 0 atom stereocenters. The predicted molar refractivity (Wildman–Crippen MR) is 95.1 cm³/mol. The molecule has 0 aliphatic rings. The first-order chi connectivity index (χ1) is 13.4. The Morgan fingerprint density at radius 1 is 1.13 bits per heavy atom. The van der Waals surface area contributed by atoms with Crippen LogP contribution in [-0.4, -0.2) is 9.13 Å². The number of hydrogen-bond donors (Lipinski definition) is 0. The number of aryl methyl sites for hydroxylation is 4. The van der Waals surface area contributed by atoms with Crippen molar-refractivity contribution in [3.8, 4) is 5.82 Å². The van der Waals surface area contributed by atoms with Gasteiger partial charge in [0, 0.05) is 32.3 Å². The van der Waals surface area contributed by atoms with Crippen LogP contribution in [0, 0.1) is 20.6 Å². The van der Waals surface area contributed by atoms with Crippen molar-refractivity contribution in [3.63, 3.8) is 0 Å². The van der Waals surface area contributed by atoms with E-state index in [4.69, 9.17) is 8.22 Å². The number of fused-ring (bicyclic) bond motifs is 3. The molecule has 116 valence electrons. The topological polar surface area (TPSA) is 13.7 Å². The third-order valence-electron chi connectivity index (χ3n) is 4.59. The van der Waals surface area contributed by atoms with Crippen LogP contribution in [-0.2, 0) is 14.1 Å². The van der Waals surface area contributed by atoms with Crippen molar-refractivity contribution >= 4 is 21.9 Å². The summed E-state index contributed by atoms with van der Waals surface area (Å²) in [6.07, 6.45) is 1.69. The Morgan fingerprint density at radius 2 is 1.96 bits per heavy atom. The van der Waals surface area contributed by atoms with Crippen LogP contribution in [0.5, 0.6) is 0 Å². The Morgan fingerprint density at radius 3 is 2.74 bits per heavy atom. The van der Waals surface area contributed by atoms with Crippen molar-refractivity contribution in [1.82, 2.24) is 9.13 Å². The van der Waals surface area contributed by atoms with E-state index in [1.807, 2.05) is 52.1 Å². The normalized spacial score (nSPS) is 16.7. The number of pyridine rings is 1. The third kappa shape index (κ3) is 1.79. The molecule has 0 N–H and O–H groups in total. The predicted octanol–water partition coefficient (Wildman–Crippen LogP) is 3.87. The molecule has 23 heavy (non-hydrogen) atoms. The standard InChI is InChI=1S/C20H22N3/c1-13-10-11-21(4)18(12-13)23-15(3)14(2)19-16-8-6-7-9-17(16)22(5)20(19)23/h6-12H,1-5H3/q+1/i1D3,2D3. The molecule has 0 aliphatic carbocycles. The van der Waals surface area contributed by atoms with Gasteiger partial charge in [-0.3, -0.25) is 0 Å². The fourth-order valence-electron chi connectivity index (χ4n) is 3.40. The van der Waals surface area contributed by atoms with Gasteiger partial charge in [-0.05, 0) is 38.3 Å². The summed E-state index contributed by atoms with van der Waals surface area (Å²) < 4.78 is 53.4. The van der Waals surface area contributed by atoms with Gasteiger partial charge in [-0.1, -0.05) is 18.2 Å². The molecule has 3 heterocycles. The molecule has 0 bridgehead atoms. The Hall–Kier alpha value is -2.55. The average molecular weight is 310 g/mol. The molecule has 1 aromatic carbocycles. The van der Waals surface area contributed by atoms with Crippen molar-refractivity contribution in [3.05, 3.63) is 59.4 Å². The first kappa shape index (κ1) is 8.92. The SMILES string of the molecule is [2H]C([2H])([2H])c1cc[n+](C)c(-n2c(C)c(C([2H])([2H])[2H])c3c4ccccc4n(C)c32)c1. The van der Waals surface area contributed by atoms with E-state index >= 15 is 0 Å². The van der Waals surface area contributed by atoms with E-state index in [0.29, 0.717) is 22.5 Å². The van der Waals surface area contributed by atoms with Gasteiger partial charge in [-0.15, -0.1) is 0 Å². The summed E-state index contributed by atoms with van der Waals surface area (Å²) in [6, 6.07) is 10.9. The summed E-state index contributed by atoms with van der Waals surface area (Å²) in [4.78, 5) is 0. The highest BCUT2D eigenvalue weighted by molar-refractivity contribution is 6.09. The third-order valence-corrected chi connectivity index (χ3v) is 4.59. The molecule has 0 fully saturated rings. The molecule has 4 aromatic rings. The molecule has 0 unspecified atom stereocenters. The quantitative estimate of drug-likeness (QED) is 0.474. The van der Waals surface area contributed by atoms with Gasteiger partial charge in [0.2, 0.25) is 5.65 Å². The van der Waals surface area contributed by atoms with Gasteiger partial charge < -0.3 is 4.57 Å². The van der Waals surface area contributed by atoms with Crippen LogP contribution in [0.4, 0.5) is 0 Å². The second-order valence-electron chi connectivity index (χ2n) is 5.96. The van der Waals surface area contributed by atoms with E-state index in [2.05, 4.69) is 0 Å². The van der Waals surface area contributed by atoms with Crippen molar-refractivity contribution in [2.75, 3.05) is 0 Å². The van der Waals surface area contributed by atoms with Gasteiger partial charge in [0.05, 0.1) is 24.1 Å². The lowest BCUT2D eigenvalue weighted by molar-refractivity contribution is -0.665. The Balaban J connectivity index is 2.22. The lowest BCUT2D eigenvalue weighted by atomic mass is 10.1. The highest BCUT2D eigenvalue weighted by Crippen LogP contribution is 2.35. The molecule has 0 spiro atoms. The van der Waals surface area contributed by atoms with Crippen molar-refractivity contribution < 1.29 is 12.8 Å². The zero-order valence-electron chi connectivity index (χ0n) is 19.4. The van der Waals surface area contributed by atoms with Gasteiger partial charge in [0.15, 0.2) is 0 Å². The van der Waals surface area contributed by atoms with Crippen LogP contribution >= 0.6 is 0 Å². The van der Waals surface area contributed by atoms with Crippen LogP contribution in [0.1, 0.15) is 25.0 Å². The van der Waals surface area contributed by atoms with Crippen molar-refractivity contribution in [2.24, 2.45) is 14.1 Å². The first-order valence-corrected chi connectivity index (χ1v) is 7.52. The summed E-state index contributed by atoms with van der Waals surface area (Å²) in [7, 11) is 3.72. The first-order valence-electron chi connectivity index (χ1n) is 10.5. The second-order valence-corrected chi connectivity index (χ2v) is 5.96. The number of para-hydroxylation sites is 1. The van der Waals surface area contributed by atoms with E-state index in [9.17, 15) is 0 Å². The highest BCUT2D eigenvalue weighted by Gasteiger charge is 2.26. The van der Waals surface area contributed by atoms with Crippen LogP contribution in [0.25, 0.3) is 27.8 Å². The maximum absolute atomic E-state index is 8.17. The van der Waals surface area contributed by atoms with E-state index in [-0.39, 0.29) is 5.56 Å². The van der Waals surface area contributed by atoms with Crippen LogP contribution in [0.3, 0.4) is 0 Å². The Kier molecular flexibility index (Phi) is 1.83. The van der Waals surface area contributed by atoms with Gasteiger partial charge in [0.1, 0.15) is 5.69 Å². The number of aromatic nitrogens is 3. The fourth-order valence-corrected chi connectivity index (χ4v) is 3.40. The number of benzene rings is 1. The highest BCUT2D eigenvalue weighted by atomic mass is 15.2. The summed E-state index contributed by atoms with van der Waals surface area (Å²) in [5, 5.41) is 1.55. The van der Waals surface area contributed by atoms with E-state index in [0.717, 1.165) is 16.6 Å². The fraction of sp³-hybridized carbons (Fsp3) is 0.250. The summed E-state index contributed by atoms with van der Waals surface area (Å²) in [6.45, 7) is -2.79. The molecule has 3 heteroatoms. The molecule has 0 amide bonds. The van der Waals surface area contributed by atoms with Gasteiger partial charge in [-0.25, -0.2) is 4.57 Å². The summed E-state index contributed by atoms with van der Waals surface area (Å²) >= 11 is 0. The van der Waals surface area contributed by atoms with Gasteiger partial charge in [0.25, 0.3) is 5.82 Å². The Labute approximate surface area is 144 Å². The Bertz CT molecular complexity index is 1260. The zero-order chi connectivity index (χ0) is 21.3. The maximum Gasteiger partial charge on any atom is 0.287 e. The van der Waals surface area contributed by atoms with Gasteiger partial charge in [-0.2, -0.15) is 4.57 Å². The molecule has 3 nitrogen and oxygen atoms in total. The van der Waals surface area contributed by atoms with E-state index < -0.39 is 13.7 Å². The molecule has 0 saturated heterocycles. The van der Waals surface area contributed by atoms with E-state index in [1.54, 1.807) is 25.3 Å². The lowest BCUT2D eigenvalue weighted by Gasteiger charge is -2.07. The largest absolute Gasteiger partial charge is 0.311 e. The zero-order valence-corrected chi connectivity index (χ0v) is 13.4. The maximum atomic E-state index is 8.17. The molecule has 3 aromatic heterocycles.